The van der Waals surface area contributed by atoms with Gasteiger partial charge in [0.25, 0.3) is 5.91 Å². The van der Waals surface area contributed by atoms with E-state index in [4.69, 9.17) is 5.73 Å². The number of aromatic nitrogens is 4. The summed E-state index contributed by atoms with van der Waals surface area (Å²) in [4.78, 5) is 20.0. The molecule has 0 unspecified atom stereocenters. The monoisotopic (exact) mass is 353 g/mol. The molecule has 25 heavy (non-hydrogen) atoms. The number of rotatable bonds is 6. The van der Waals surface area contributed by atoms with Crippen molar-refractivity contribution >= 4 is 41.4 Å². The van der Waals surface area contributed by atoms with Gasteiger partial charge in [0.15, 0.2) is 10.8 Å². The molecule has 2 heterocycles. The summed E-state index contributed by atoms with van der Waals surface area (Å²) in [7, 11) is 0. The van der Waals surface area contributed by atoms with Gasteiger partial charge in [0, 0.05) is 12.3 Å². The minimum atomic E-state index is -0.258. The first kappa shape index (κ1) is 16.7. The number of nitrogens with two attached hydrogens (primary N) is 1. The normalized spacial score (nSPS) is 11.5. The lowest BCUT2D eigenvalue weighted by Gasteiger charge is -2.03. The summed E-state index contributed by atoms with van der Waals surface area (Å²) in [5.74, 6) is 0.199. The Labute approximate surface area is 147 Å². The second-order valence-electron chi connectivity index (χ2n) is 4.87. The number of nitrogens with zero attached hydrogens (tertiary/aromatic N) is 5. The van der Waals surface area contributed by atoms with Crippen LogP contribution in [-0.4, -0.2) is 37.5 Å². The summed E-state index contributed by atoms with van der Waals surface area (Å²) in [5.41, 5.74) is 9.80. The third kappa shape index (κ3) is 4.64. The van der Waals surface area contributed by atoms with Crippen molar-refractivity contribution in [3.8, 4) is 0 Å². The van der Waals surface area contributed by atoms with Gasteiger partial charge in [0.05, 0.1) is 5.75 Å². The van der Waals surface area contributed by atoms with Crippen LogP contribution in [0.4, 0.5) is 5.82 Å². The second kappa shape index (κ2) is 8.06. The molecule has 2 aromatic heterocycles. The van der Waals surface area contributed by atoms with Gasteiger partial charge >= 0.3 is 0 Å². The van der Waals surface area contributed by atoms with Gasteiger partial charge in [-0.15, -0.1) is 0 Å². The van der Waals surface area contributed by atoms with Gasteiger partial charge < -0.3 is 5.73 Å². The SMILES string of the molecule is Nc1cc2ncnn2c(SCC(=O)N/N=C/C=C/c2ccccc2)n1. The molecule has 0 spiro atoms. The molecule has 0 aliphatic carbocycles. The van der Waals surface area contributed by atoms with Gasteiger partial charge in [-0.05, 0) is 11.6 Å². The van der Waals surface area contributed by atoms with Crippen LogP contribution >= 0.6 is 11.8 Å². The number of carbonyl (C=O) groups is 1. The third-order valence-electron chi connectivity index (χ3n) is 3.03. The lowest BCUT2D eigenvalue weighted by Crippen LogP contribution is -2.19. The predicted molar refractivity (Wildman–Crippen MR) is 98.0 cm³/mol. The number of nitrogens with one attached hydrogen (secondary N) is 1. The van der Waals surface area contributed by atoms with Crippen molar-refractivity contribution in [3.63, 3.8) is 0 Å². The Kier molecular flexibility index (Phi) is 5.37. The van der Waals surface area contributed by atoms with Gasteiger partial charge in [-0.1, -0.05) is 48.2 Å². The van der Waals surface area contributed by atoms with Crippen LogP contribution in [0.25, 0.3) is 11.7 Å². The van der Waals surface area contributed by atoms with Crippen molar-refractivity contribution in [3.05, 3.63) is 54.4 Å². The number of thioether (sulfide) groups is 1. The van der Waals surface area contributed by atoms with E-state index in [2.05, 4.69) is 25.6 Å². The number of nitrogen functional groups attached to an aromatic ring is 1. The van der Waals surface area contributed by atoms with Crippen LogP contribution in [-0.2, 0) is 4.79 Å². The number of anilines is 1. The smallest absolute Gasteiger partial charge is 0.250 e. The topological polar surface area (TPSA) is 111 Å². The van der Waals surface area contributed by atoms with Gasteiger partial charge in [-0.3, -0.25) is 4.79 Å². The van der Waals surface area contributed by atoms with E-state index in [0.29, 0.717) is 16.6 Å². The number of amides is 1. The molecular weight excluding hydrogens is 338 g/mol. The third-order valence-corrected chi connectivity index (χ3v) is 3.96. The highest BCUT2D eigenvalue weighted by Crippen LogP contribution is 2.17. The standard InChI is InChI=1S/C16H15N7OS/c17-13-9-14-18-11-20-23(14)16(21-13)25-10-15(24)22-19-8-4-7-12-5-2-1-3-6-12/h1-9,11H,10,17H2,(H,22,24)/b7-4+,19-8+. The summed E-state index contributed by atoms with van der Waals surface area (Å²) in [6.07, 6.45) is 6.57. The summed E-state index contributed by atoms with van der Waals surface area (Å²) in [6.45, 7) is 0. The minimum Gasteiger partial charge on any atom is -0.383 e. The molecular formula is C16H15N7OS. The molecule has 0 saturated carbocycles. The molecule has 9 heteroatoms. The highest BCUT2D eigenvalue weighted by molar-refractivity contribution is 7.99. The molecule has 0 saturated heterocycles. The number of fused-ring (bicyclic) bond motifs is 1. The molecule has 8 nitrogen and oxygen atoms in total. The van der Waals surface area contributed by atoms with Gasteiger partial charge in [0.2, 0.25) is 0 Å². The van der Waals surface area contributed by atoms with Crippen LogP contribution in [0.3, 0.4) is 0 Å². The molecule has 0 aliphatic rings. The summed E-state index contributed by atoms with van der Waals surface area (Å²) >= 11 is 1.20. The molecule has 1 aromatic carbocycles. The van der Waals surface area contributed by atoms with Crippen LogP contribution < -0.4 is 11.2 Å². The van der Waals surface area contributed by atoms with Crippen molar-refractivity contribution in [1.82, 2.24) is 25.0 Å². The summed E-state index contributed by atoms with van der Waals surface area (Å²) in [6, 6.07) is 11.4. The number of hydrogen-bond acceptors (Lipinski definition) is 7. The first-order valence-electron chi connectivity index (χ1n) is 7.35. The Balaban J connectivity index is 1.50. The predicted octanol–water partition coefficient (Wildman–Crippen LogP) is 1.61. The number of hydrazone groups is 1. The van der Waals surface area contributed by atoms with Crippen molar-refractivity contribution in [2.75, 3.05) is 11.5 Å². The highest BCUT2D eigenvalue weighted by Gasteiger charge is 2.09. The molecule has 3 rings (SSSR count). The first-order chi connectivity index (χ1) is 12.2. The lowest BCUT2D eigenvalue weighted by molar-refractivity contribution is -0.118. The average Bonchev–Trinajstić information content (AvgIpc) is 3.08. The fourth-order valence-electron chi connectivity index (χ4n) is 1.94. The number of allylic oxidation sites excluding steroid dienone is 1. The fourth-order valence-corrected chi connectivity index (χ4v) is 2.70. The molecule has 3 aromatic rings. The maximum atomic E-state index is 11.8. The van der Waals surface area contributed by atoms with Crippen LogP contribution in [0.1, 0.15) is 5.56 Å². The summed E-state index contributed by atoms with van der Waals surface area (Å²) in [5, 5.41) is 8.41. The molecule has 1 amide bonds. The zero-order valence-corrected chi connectivity index (χ0v) is 13.9. The molecule has 0 bridgehead atoms. The van der Waals surface area contributed by atoms with Crippen LogP contribution in [0.15, 0.2) is 59.1 Å². The van der Waals surface area contributed by atoms with E-state index in [9.17, 15) is 4.79 Å². The Morgan fingerprint density at radius 1 is 1.36 bits per heavy atom. The van der Waals surface area contributed by atoms with E-state index in [0.717, 1.165) is 5.56 Å². The largest absolute Gasteiger partial charge is 0.383 e. The van der Waals surface area contributed by atoms with Crippen LogP contribution in [0.2, 0.25) is 0 Å². The molecule has 0 atom stereocenters. The lowest BCUT2D eigenvalue weighted by atomic mass is 10.2. The molecule has 0 aliphatic heterocycles. The van der Waals surface area contributed by atoms with Crippen molar-refractivity contribution in [2.24, 2.45) is 5.10 Å². The summed E-state index contributed by atoms with van der Waals surface area (Å²) < 4.78 is 1.53. The van der Waals surface area contributed by atoms with Gasteiger partial charge in [0.1, 0.15) is 12.1 Å². The highest BCUT2D eigenvalue weighted by atomic mass is 32.2. The zero-order valence-electron chi connectivity index (χ0n) is 13.1. The van der Waals surface area contributed by atoms with Crippen molar-refractivity contribution in [2.45, 2.75) is 5.16 Å². The number of benzene rings is 1. The van der Waals surface area contributed by atoms with Gasteiger partial charge in [-0.25, -0.2) is 15.4 Å². The molecule has 126 valence electrons. The zero-order chi connectivity index (χ0) is 17.5. The van der Waals surface area contributed by atoms with Crippen molar-refractivity contribution < 1.29 is 4.79 Å². The Morgan fingerprint density at radius 2 is 2.20 bits per heavy atom. The Hall–Kier alpha value is -3.20. The quantitative estimate of drug-likeness (QED) is 0.301. The Bertz CT molecular complexity index is 921. The van der Waals surface area contributed by atoms with E-state index in [1.54, 1.807) is 12.1 Å². The van der Waals surface area contributed by atoms with E-state index >= 15 is 0 Å². The van der Waals surface area contributed by atoms with Crippen molar-refractivity contribution in [1.29, 1.82) is 0 Å². The molecule has 0 fully saturated rings. The van der Waals surface area contributed by atoms with Crippen LogP contribution in [0, 0.1) is 0 Å². The Morgan fingerprint density at radius 3 is 3.04 bits per heavy atom. The maximum Gasteiger partial charge on any atom is 0.250 e. The van der Waals surface area contributed by atoms with Gasteiger partial charge in [-0.2, -0.15) is 14.7 Å². The van der Waals surface area contributed by atoms with E-state index in [-0.39, 0.29) is 11.7 Å². The fraction of sp³-hybridized carbons (Fsp3) is 0.0625. The maximum absolute atomic E-state index is 11.8. The number of carbonyl (C=O) groups excluding carboxylic acids is 1. The average molecular weight is 353 g/mol. The minimum absolute atomic E-state index is 0.130. The van der Waals surface area contributed by atoms with Crippen LogP contribution in [0.5, 0.6) is 0 Å². The number of hydrogen-bond donors (Lipinski definition) is 2. The molecule has 0 radical (unpaired) electrons. The molecule has 3 N–H and O–H groups in total. The van der Waals surface area contributed by atoms with E-state index in [1.807, 2.05) is 36.4 Å². The van der Waals surface area contributed by atoms with E-state index < -0.39 is 0 Å². The van der Waals surface area contributed by atoms with E-state index in [1.165, 1.54) is 28.8 Å². The first-order valence-corrected chi connectivity index (χ1v) is 8.33. The second-order valence-corrected chi connectivity index (χ2v) is 5.81.